The summed E-state index contributed by atoms with van der Waals surface area (Å²) in [6.45, 7) is 5.93. The number of rotatable bonds is 5. The Morgan fingerprint density at radius 3 is 2.52 bits per heavy atom. The quantitative estimate of drug-likeness (QED) is 0.629. The number of aromatic nitrogens is 2. The molecule has 1 aliphatic heterocycles. The first-order valence-corrected chi connectivity index (χ1v) is 10.1. The maximum Gasteiger partial charge on any atom is 0.226 e. The van der Waals surface area contributed by atoms with Gasteiger partial charge in [-0.05, 0) is 62.2 Å². The number of aryl methyl sites for hydroxylation is 3. The molecule has 2 aromatic carbocycles. The molecular weight excluding hydrogens is 394 g/mol. The second-order valence-corrected chi connectivity index (χ2v) is 7.76. The van der Waals surface area contributed by atoms with Gasteiger partial charge < -0.3 is 14.8 Å². The zero-order valence-electron chi connectivity index (χ0n) is 18.3. The Hall–Kier alpha value is -3.61. The molecule has 0 unspecified atom stereocenters. The van der Waals surface area contributed by atoms with Gasteiger partial charge in [0.1, 0.15) is 17.3 Å². The van der Waals surface area contributed by atoms with E-state index in [0.717, 1.165) is 16.8 Å². The molecular formula is C24H25N3O4. The molecule has 3 aromatic rings. The monoisotopic (exact) mass is 419 g/mol. The molecule has 7 heteroatoms. The van der Waals surface area contributed by atoms with E-state index in [1.54, 1.807) is 30.0 Å². The Morgan fingerprint density at radius 1 is 1.06 bits per heavy atom. The molecule has 0 radical (unpaired) electrons. The fourth-order valence-electron chi connectivity index (χ4n) is 4.01. The molecule has 0 saturated heterocycles. The Kier molecular flexibility index (Phi) is 5.27. The van der Waals surface area contributed by atoms with Crippen LogP contribution in [0.3, 0.4) is 0 Å². The van der Waals surface area contributed by atoms with Crippen molar-refractivity contribution in [2.75, 3.05) is 19.5 Å². The van der Waals surface area contributed by atoms with Gasteiger partial charge in [-0.25, -0.2) is 4.68 Å². The minimum Gasteiger partial charge on any atom is -0.497 e. The van der Waals surface area contributed by atoms with Gasteiger partial charge in [0.25, 0.3) is 0 Å². The molecule has 1 N–H and O–H groups in total. The molecule has 0 spiro atoms. The van der Waals surface area contributed by atoms with Gasteiger partial charge in [-0.3, -0.25) is 9.59 Å². The second kappa shape index (κ2) is 7.91. The van der Waals surface area contributed by atoms with Crippen molar-refractivity contribution in [3.05, 3.63) is 64.3 Å². The number of hydrogen-bond acceptors (Lipinski definition) is 5. The van der Waals surface area contributed by atoms with Crippen LogP contribution in [0, 0.1) is 20.8 Å². The molecule has 1 atom stereocenters. The number of Topliss-reactive ketones (excluding diaryl/α,β-unsaturated/α-hetero) is 1. The van der Waals surface area contributed by atoms with E-state index in [1.165, 1.54) is 12.7 Å². The zero-order valence-corrected chi connectivity index (χ0v) is 18.3. The lowest BCUT2D eigenvalue weighted by molar-refractivity contribution is -0.116. The largest absolute Gasteiger partial charge is 0.497 e. The molecule has 0 aliphatic carbocycles. The number of ether oxygens (including phenoxy) is 2. The van der Waals surface area contributed by atoms with Crippen LogP contribution < -0.4 is 14.8 Å². The van der Waals surface area contributed by atoms with Gasteiger partial charge >= 0.3 is 0 Å². The number of carbonyl (C=O) groups is 2. The van der Waals surface area contributed by atoms with Crippen molar-refractivity contribution in [2.45, 2.75) is 33.1 Å². The zero-order chi connectivity index (χ0) is 22.3. The van der Waals surface area contributed by atoms with Crippen molar-refractivity contribution < 1.29 is 19.1 Å². The van der Waals surface area contributed by atoms with Crippen LogP contribution >= 0.6 is 0 Å². The highest BCUT2D eigenvalue weighted by atomic mass is 16.5. The number of methoxy groups -OCH3 is 2. The highest BCUT2D eigenvalue weighted by Gasteiger charge is 2.37. The molecule has 1 aromatic heterocycles. The predicted octanol–water partition coefficient (Wildman–Crippen LogP) is 4.12. The minimum absolute atomic E-state index is 0.0473. The Morgan fingerprint density at radius 2 is 1.84 bits per heavy atom. The van der Waals surface area contributed by atoms with Gasteiger partial charge in [-0.2, -0.15) is 5.10 Å². The molecule has 160 valence electrons. The molecule has 4 rings (SSSR count). The van der Waals surface area contributed by atoms with Crippen molar-refractivity contribution in [3.63, 3.8) is 0 Å². The molecule has 2 heterocycles. The van der Waals surface area contributed by atoms with Crippen molar-refractivity contribution in [1.82, 2.24) is 9.78 Å². The summed E-state index contributed by atoms with van der Waals surface area (Å²) in [7, 11) is 3.06. The molecule has 1 amide bonds. The van der Waals surface area contributed by atoms with Crippen molar-refractivity contribution in [1.29, 1.82) is 0 Å². The first-order valence-electron chi connectivity index (χ1n) is 10.1. The average Bonchev–Trinajstić information content (AvgIpc) is 3.10. The van der Waals surface area contributed by atoms with Crippen LogP contribution in [0.25, 0.3) is 5.69 Å². The number of amides is 1. The number of fused-ring (bicyclic) bond motifs is 1. The van der Waals surface area contributed by atoms with E-state index >= 15 is 0 Å². The molecule has 7 nitrogen and oxygen atoms in total. The van der Waals surface area contributed by atoms with Crippen molar-refractivity contribution in [2.24, 2.45) is 0 Å². The lowest BCUT2D eigenvalue weighted by Gasteiger charge is -2.24. The summed E-state index contributed by atoms with van der Waals surface area (Å²) in [6.07, 6.45) is 0.0473. The summed E-state index contributed by atoms with van der Waals surface area (Å²) < 4.78 is 12.4. The minimum atomic E-state index is -0.662. The first-order chi connectivity index (χ1) is 14.8. The van der Waals surface area contributed by atoms with E-state index in [0.29, 0.717) is 28.6 Å². The van der Waals surface area contributed by atoms with Crippen LogP contribution in [0.5, 0.6) is 11.5 Å². The van der Waals surface area contributed by atoms with Gasteiger partial charge in [0.05, 0.1) is 37.1 Å². The molecule has 1 aliphatic rings. The number of benzene rings is 2. The maximum atomic E-state index is 13.6. The summed E-state index contributed by atoms with van der Waals surface area (Å²) in [4.78, 5) is 26.2. The Balaban J connectivity index is 1.84. The summed E-state index contributed by atoms with van der Waals surface area (Å²) in [5.41, 5.74) is 4.94. The van der Waals surface area contributed by atoms with E-state index in [-0.39, 0.29) is 18.1 Å². The van der Waals surface area contributed by atoms with Crippen LogP contribution in [0.15, 0.2) is 36.4 Å². The van der Waals surface area contributed by atoms with Gasteiger partial charge in [-0.15, -0.1) is 0 Å². The topological polar surface area (TPSA) is 82.4 Å². The van der Waals surface area contributed by atoms with E-state index in [1.807, 2.05) is 39.0 Å². The second-order valence-electron chi connectivity index (χ2n) is 7.76. The Bertz CT molecular complexity index is 1200. The number of hydrogen-bond donors (Lipinski definition) is 1. The van der Waals surface area contributed by atoms with E-state index in [9.17, 15) is 9.59 Å². The number of ketones is 1. The fraction of sp³-hybridized carbons (Fsp3) is 0.292. The molecule has 0 fully saturated rings. The van der Waals surface area contributed by atoms with Crippen LogP contribution in [-0.4, -0.2) is 35.7 Å². The summed E-state index contributed by atoms with van der Waals surface area (Å²) in [5.74, 6) is 0.444. The van der Waals surface area contributed by atoms with Crippen LogP contribution in [-0.2, 0) is 4.79 Å². The van der Waals surface area contributed by atoms with E-state index in [4.69, 9.17) is 9.47 Å². The molecule has 0 bridgehead atoms. The predicted molar refractivity (Wildman–Crippen MR) is 118 cm³/mol. The van der Waals surface area contributed by atoms with Gasteiger partial charge in [0.15, 0.2) is 5.78 Å². The van der Waals surface area contributed by atoms with Crippen LogP contribution in [0.1, 0.15) is 45.1 Å². The number of nitrogens with one attached hydrogen (secondary N) is 1. The van der Waals surface area contributed by atoms with E-state index in [2.05, 4.69) is 10.4 Å². The highest BCUT2D eigenvalue weighted by molar-refractivity contribution is 6.09. The lowest BCUT2D eigenvalue weighted by atomic mass is 9.85. The van der Waals surface area contributed by atoms with Crippen molar-refractivity contribution in [3.8, 4) is 17.2 Å². The van der Waals surface area contributed by atoms with Gasteiger partial charge in [-0.1, -0.05) is 6.07 Å². The third-order valence-electron chi connectivity index (χ3n) is 5.83. The summed E-state index contributed by atoms with van der Waals surface area (Å²) in [6, 6.07) is 11.1. The normalized spacial score (nSPS) is 15.3. The van der Waals surface area contributed by atoms with Gasteiger partial charge in [0, 0.05) is 12.0 Å². The van der Waals surface area contributed by atoms with E-state index < -0.39 is 5.92 Å². The van der Waals surface area contributed by atoms with Crippen molar-refractivity contribution >= 4 is 17.5 Å². The lowest BCUT2D eigenvalue weighted by Crippen LogP contribution is -2.28. The number of nitrogens with zero attached hydrogens (tertiary/aromatic N) is 2. The standard InChI is InChI=1S/C24H25N3O4/c1-13-6-7-16(10-14(13)2)27-24-22(15(3)26-27)19(12-21(28)25-24)23(29)18-11-17(30-4)8-9-20(18)31-5/h6-11,19H,12H2,1-5H3,(H,25,28)/t19-/m1/s1. The number of carbonyl (C=O) groups excluding carboxylic acids is 2. The number of anilines is 1. The SMILES string of the molecule is COc1ccc(OC)c(C(=O)[C@@H]2CC(=O)Nc3c2c(C)nn3-c2ccc(C)c(C)c2)c1. The molecule has 31 heavy (non-hydrogen) atoms. The van der Waals surface area contributed by atoms with Crippen LogP contribution in [0.2, 0.25) is 0 Å². The van der Waals surface area contributed by atoms with Crippen LogP contribution in [0.4, 0.5) is 5.82 Å². The smallest absolute Gasteiger partial charge is 0.226 e. The third-order valence-corrected chi connectivity index (χ3v) is 5.83. The van der Waals surface area contributed by atoms with Gasteiger partial charge in [0.2, 0.25) is 5.91 Å². The maximum absolute atomic E-state index is 13.6. The fourth-order valence-corrected chi connectivity index (χ4v) is 4.01. The first kappa shape index (κ1) is 20.7. The highest BCUT2D eigenvalue weighted by Crippen LogP contribution is 2.40. The summed E-state index contributed by atoms with van der Waals surface area (Å²) >= 11 is 0. The molecule has 0 saturated carbocycles. The third kappa shape index (κ3) is 3.56. The summed E-state index contributed by atoms with van der Waals surface area (Å²) in [5, 5.41) is 7.59. The average molecular weight is 419 g/mol. The Labute approximate surface area is 181 Å².